The summed E-state index contributed by atoms with van der Waals surface area (Å²) < 4.78 is 0. The highest BCUT2D eigenvalue weighted by Gasteiger charge is 2.15. The van der Waals surface area contributed by atoms with Crippen molar-refractivity contribution in [3.63, 3.8) is 0 Å². The van der Waals surface area contributed by atoms with Crippen molar-refractivity contribution in [2.24, 2.45) is 0 Å². The van der Waals surface area contributed by atoms with Gasteiger partial charge in [-0.15, -0.1) is 0 Å². The molecule has 122 valence electrons. The van der Waals surface area contributed by atoms with Gasteiger partial charge < -0.3 is 11.5 Å². The molecule has 25 heavy (non-hydrogen) atoms. The number of hydrogen-bond donors (Lipinski definition) is 2. The molecule has 0 amide bonds. The average molecular weight is 329 g/mol. The van der Waals surface area contributed by atoms with E-state index in [0.717, 1.165) is 39.1 Å². The number of anilines is 2. The van der Waals surface area contributed by atoms with Crippen LogP contribution in [0.1, 0.15) is 5.69 Å². The second kappa shape index (κ2) is 5.79. The molecule has 1 aromatic carbocycles. The van der Waals surface area contributed by atoms with E-state index in [1.54, 1.807) is 24.7 Å². The SMILES string of the molecule is Cc1nc(N)nc(-c2ccc3nccnc3c2)c1-c1ccc(N)nc1. The molecular formula is C18H15N7. The summed E-state index contributed by atoms with van der Waals surface area (Å²) >= 11 is 0. The number of benzene rings is 1. The summed E-state index contributed by atoms with van der Waals surface area (Å²) in [5, 5.41) is 0. The van der Waals surface area contributed by atoms with Gasteiger partial charge in [0.25, 0.3) is 0 Å². The molecule has 0 spiro atoms. The number of fused-ring (bicyclic) bond motifs is 1. The maximum Gasteiger partial charge on any atom is 0.220 e. The molecule has 0 aliphatic rings. The van der Waals surface area contributed by atoms with Crippen LogP contribution in [0, 0.1) is 6.92 Å². The van der Waals surface area contributed by atoms with Crippen LogP contribution in [0.25, 0.3) is 33.4 Å². The number of hydrogen-bond acceptors (Lipinski definition) is 7. The van der Waals surface area contributed by atoms with Gasteiger partial charge in [-0.1, -0.05) is 6.07 Å². The summed E-state index contributed by atoms with van der Waals surface area (Å²) in [6, 6.07) is 9.45. The van der Waals surface area contributed by atoms with Crippen molar-refractivity contribution >= 4 is 22.8 Å². The Labute approximate surface area is 143 Å². The fourth-order valence-electron chi connectivity index (χ4n) is 2.81. The highest BCUT2D eigenvalue weighted by atomic mass is 15.0. The maximum atomic E-state index is 5.89. The summed E-state index contributed by atoms with van der Waals surface area (Å²) in [7, 11) is 0. The van der Waals surface area contributed by atoms with Crippen LogP contribution in [-0.4, -0.2) is 24.9 Å². The maximum absolute atomic E-state index is 5.89. The van der Waals surface area contributed by atoms with E-state index in [4.69, 9.17) is 11.5 Å². The molecule has 0 saturated carbocycles. The predicted molar refractivity (Wildman–Crippen MR) is 97.4 cm³/mol. The minimum atomic E-state index is 0.221. The Balaban J connectivity index is 1.97. The third-order valence-corrected chi connectivity index (χ3v) is 3.93. The number of nitrogens with two attached hydrogens (primary N) is 2. The highest BCUT2D eigenvalue weighted by Crippen LogP contribution is 2.33. The van der Waals surface area contributed by atoms with Crippen molar-refractivity contribution in [3.8, 4) is 22.4 Å². The summed E-state index contributed by atoms with van der Waals surface area (Å²) in [4.78, 5) is 21.6. The number of nitrogens with zero attached hydrogens (tertiary/aromatic N) is 5. The lowest BCUT2D eigenvalue weighted by molar-refractivity contribution is 1.12. The van der Waals surface area contributed by atoms with Crippen molar-refractivity contribution < 1.29 is 0 Å². The van der Waals surface area contributed by atoms with Crippen LogP contribution in [0.15, 0.2) is 48.9 Å². The molecule has 3 aromatic heterocycles. The van der Waals surface area contributed by atoms with Gasteiger partial charge in [-0.05, 0) is 31.2 Å². The van der Waals surface area contributed by atoms with Crippen LogP contribution in [0.4, 0.5) is 11.8 Å². The first kappa shape index (κ1) is 14.9. The molecule has 0 bridgehead atoms. The second-order valence-electron chi connectivity index (χ2n) is 5.62. The molecule has 0 saturated heterocycles. The quantitative estimate of drug-likeness (QED) is 0.580. The lowest BCUT2D eigenvalue weighted by Gasteiger charge is -2.13. The van der Waals surface area contributed by atoms with E-state index in [-0.39, 0.29) is 5.95 Å². The zero-order chi connectivity index (χ0) is 17.4. The van der Waals surface area contributed by atoms with Gasteiger partial charge in [0.2, 0.25) is 5.95 Å². The largest absolute Gasteiger partial charge is 0.384 e. The van der Waals surface area contributed by atoms with Gasteiger partial charge in [0, 0.05) is 35.3 Å². The monoisotopic (exact) mass is 329 g/mol. The van der Waals surface area contributed by atoms with Gasteiger partial charge in [-0.25, -0.2) is 15.0 Å². The molecule has 0 unspecified atom stereocenters. The zero-order valence-corrected chi connectivity index (χ0v) is 13.5. The molecule has 3 heterocycles. The third-order valence-electron chi connectivity index (χ3n) is 3.93. The molecule has 7 nitrogen and oxygen atoms in total. The zero-order valence-electron chi connectivity index (χ0n) is 13.5. The van der Waals surface area contributed by atoms with Gasteiger partial charge >= 0.3 is 0 Å². The second-order valence-corrected chi connectivity index (χ2v) is 5.62. The van der Waals surface area contributed by atoms with Crippen molar-refractivity contribution in [1.29, 1.82) is 0 Å². The summed E-state index contributed by atoms with van der Waals surface area (Å²) in [6.45, 7) is 1.90. The first-order chi connectivity index (χ1) is 12.1. The van der Waals surface area contributed by atoms with E-state index < -0.39 is 0 Å². The summed E-state index contributed by atoms with van der Waals surface area (Å²) in [6.07, 6.45) is 5.04. The number of aromatic nitrogens is 5. The number of aryl methyl sites for hydroxylation is 1. The fourth-order valence-corrected chi connectivity index (χ4v) is 2.81. The minimum Gasteiger partial charge on any atom is -0.384 e. The van der Waals surface area contributed by atoms with Gasteiger partial charge in [0.15, 0.2) is 0 Å². The Kier molecular flexibility index (Phi) is 3.46. The Hall–Kier alpha value is -3.61. The van der Waals surface area contributed by atoms with E-state index in [9.17, 15) is 0 Å². The molecule has 0 radical (unpaired) electrons. The van der Waals surface area contributed by atoms with Crippen molar-refractivity contribution in [2.75, 3.05) is 11.5 Å². The standard InChI is InChI=1S/C18H15N7/c1-10-16(12-3-5-15(19)23-9-12)17(25-18(20)24-10)11-2-4-13-14(8-11)22-7-6-21-13/h2-9H,1H3,(H2,19,23)(H2,20,24,25). The molecule has 0 aliphatic carbocycles. The average Bonchev–Trinajstić information content (AvgIpc) is 2.62. The van der Waals surface area contributed by atoms with Crippen LogP contribution in [0.3, 0.4) is 0 Å². The summed E-state index contributed by atoms with van der Waals surface area (Å²) in [5.41, 5.74) is 17.3. The molecule has 7 heteroatoms. The first-order valence-corrected chi connectivity index (χ1v) is 7.69. The van der Waals surface area contributed by atoms with Crippen molar-refractivity contribution in [1.82, 2.24) is 24.9 Å². The topological polar surface area (TPSA) is 116 Å². The minimum absolute atomic E-state index is 0.221. The number of rotatable bonds is 2. The van der Waals surface area contributed by atoms with Gasteiger partial charge in [0.1, 0.15) is 5.82 Å². The molecular weight excluding hydrogens is 314 g/mol. The van der Waals surface area contributed by atoms with E-state index in [1.807, 2.05) is 31.2 Å². The van der Waals surface area contributed by atoms with Crippen molar-refractivity contribution in [2.45, 2.75) is 6.92 Å². The van der Waals surface area contributed by atoms with E-state index in [1.165, 1.54) is 0 Å². The predicted octanol–water partition coefficient (Wildman–Crippen LogP) is 2.62. The molecule has 0 fully saturated rings. The van der Waals surface area contributed by atoms with Crippen molar-refractivity contribution in [3.05, 3.63) is 54.6 Å². The first-order valence-electron chi connectivity index (χ1n) is 7.69. The smallest absolute Gasteiger partial charge is 0.220 e. The molecule has 4 aromatic rings. The Morgan fingerprint density at radius 2 is 1.56 bits per heavy atom. The molecule has 0 atom stereocenters. The fraction of sp³-hybridized carbons (Fsp3) is 0.0556. The molecule has 4 rings (SSSR count). The Bertz CT molecular complexity index is 1070. The van der Waals surface area contributed by atoms with Crippen LogP contribution in [0.5, 0.6) is 0 Å². The summed E-state index contributed by atoms with van der Waals surface area (Å²) in [5.74, 6) is 0.680. The number of nitrogen functional groups attached to an aromatic ring is 2. The van der Waals surface area contributed by atoms with Crippen LogP contribution >= 0.6 is 0 Å². The van der Waals surface area contributed by atoms with Crippen LogP contribution in [-0.2, 0) is 0 Å². The number of pyridine rings is 1. The highest BCUT2D eigenvalue weighted by molar-refractivity contribution is 5.87. The molecule has 0 aliphatic heterocycles. The van der Waals surface area contributed by atoms with Gasteiger partial charge in [0.05, 0.1) is 22.4 Å². The molecule has 4 N–H and O–H groups in total. The normalized spacial score (nSPS) is 10.9. The van der Waals surface area contributed by atoms with Gasteiger partial charge in [-0.3, -0.25) is 9.97 Å². The van der Waals surface area contributed by atoms with E-state index >= 15 is 0 Å². The van der Waals surface area contributed by atoms with E-state index in [2.05, 4.69) is 24.9 Å². The van der Waals surface area contributed by atoms with Crippen LogP contribution < -0.4 is 11.5 Å². The lowest BCUT2D eigenvalue weighted by Crippen LogP contribution is -2.03. The van der Waals surface area contributed by atoms with E-state index in [0.29, 0.717) is 5.82 Å². The van der Waals surface area contributed by atoms with Gasteiger partial charge in [-0.2, -0.15) is 0 Å². The Morgan fingerprint density at radius 1 is 0.800 bits per heavy atom. The van der Waals surface area contributed by atoms with Crippen LogP contribution in [0.2, 0.25) is 0 Å². The third kappa shape index (κ3) is 2.72. The Morgan fingerprint density at radius 3 is 2.32 bits per heavy atom. The lowest BCUT2D eigenvalue weighted by atomic mass is 9.99.